The molecule has 0 aliphatic heterocycles. The molecule has 0 N–H and O–H groups in total. The number of ether oxygens (including phenoxy) is 1. The van der Waals surface area contributed by atoms with Crippen molar-refractivity contribution in [1.29, 1.82) is 0 Å². The lowest BCUT2D eigenvalue weighted by Gasteiger charge is -2.01. The van der Waals surface area contributed by atoms with E-state index >= 15 is 0 Å². The molecule has 0 saturated carbocycles. The summed E-state index contributed by atoms with van der Waals surface area (Å²) in [6.07, 6.45) is 1.57. The highest BCUT2D eigenvalue weighted by Gasteiger charge is 2.07. The maximum atomic E-state index is 5.13. The number of aromatic nitrogens is 3. The van der Waals surface area contributed by atoms with Crippen molar-refractivity contribution >= 4 is 16.3 Å². The van der Waals surface area contributed by atoms with Crippen molar-refractivity contribution in [2.24, 2.45) is 0 Å². The number of fused-ring (bicyclic) bond motifs is 1. The second kappa shape index (κ2) is 3.61. The van der Waals surface area contributed by atoms with Crippen LogP contribution in [0.5, 0.6) is 5.75 Å². The van der Waals surface area contributed by atoms with Crippen LogP contribution in [0.25, 0.3) is 16.2 Å². The minimum absolute atomic E-state index is 0.855. The van der Waals surface area contributed by atoms with Gasteiger partial charge in [-0.1, -0.05) is 0 Å². The highest BCUT2D eigenvalue weighted by molar-refractivity contribution is 7.15. The van der Waals surface area contributed by atoms with Crippen molar-refractivity contribution in [2.75, 3.05) is 7.11 Å². The van der Waals surface area contributed by atoms with Crippen molar-refractivity contribution in [3.8, 4) is 17.0 Å². The molecule has 5 heteroatoms. The van der Waals surface area contributed by atoms with E-state index < -0.39 is 0 Å². The summed E-state index contributed by atoms with van der Waals surface area (Å²) in [6, 6.07) is 7.91. The molecule has 2 aromatic heterocycles. The van der Waals surface area contributed by atoms with Gasteiger partial charge in [0.05, 0.1) is 12.8 Å². The molecule has 0 spiro atoms. The third-order valence-electron chi connectivity index (χ3n) is 2.41. The largest absolute Gasteiger partial charge is 0.497 e. The monoisotopic (exact) mass is 231 g/mol. The second-order valence-corrected chi connectivity index (χ2v) is 4.14. The molecular formula is C11H9N3OS. The topological polar surface area (TPSA) is 39.4 Å². The van der Waals surface area contributed by atoms with E-state index in [2.05, 4.69) is 15.5 Å². The molecule has 0 bridgehead atoms. The van der Waals surface area contributed by atoms with Crippen LogP contribution in [0, 0.1) is 0 Å². The summed E-state index contributed by atoms with van der Waals surface area (Å²) in [6.45, 7) is 0. The Morgan fingerprint density at radius 1 is 1.25 bits per heavy atom. The first-order chi connectivity index (χ1) is 7.88. The predicted octanol–water partition coefficient (Wildman–Crippen LogP) is 2.47. The van der Waals surface area contributed by atoms with Crippen molar-refractivity contribution in [3.05, 3.63) is 36.0 Å². The van der Waals surface area contributed by atoms with E-state index in [1.54, 1.807) is 24.8 Å². The van der Waals surface area contributed by atoms with Crippen LogP contribution in [0.3, 0.4) is 0 Å². The van der Waals surface area contributed by atoms with Gasteiger partial charge in [-0.3, -0.25) is 0 Å². The summed E-state index contributed by atoms with van der Waals surface area (Å²) in [5.41, 5.74) is 2.16. The highest BCUT2D eigenvalue weighted by atomic mass is 32.1. The fraction of sp³-hybridized carbons (Fsp3) is 0.0909. The van der Waals surface area contributed by atoms with E-state index in [0.29, 0.717) is 0 Å². The lowest BCUT2D eigenvalue weighted by atomic mass is 10.2. The summed E-state index contributed by atoms with van der Waals surface area (Å²) >= 11 is 1.58. The predicted molar refractivity (Wildman–Crippen MR) is 62.9 cm³/mol. The van der Waals surface area contributed by atoms with E-state index in [-0.39, 0.29) is 0 Å². The van der Waals surface area contributed by atoms with Gasteiger partial charge in [-0.05, 0) is 24.3 Å². The molecule has 0 unspecified atom stereocenters. The number of hydrogen-bond acceptors (Lipinski definition) is 4. The van der Waals surface area contributed by atoms with Crippen LogP contribution in [0.2, 0.25) is 0 Å². The van der Waals surface area contributed by atoms with Crippen LogP contribution in [-0.4, -0.2) is 21.7 Å². The number of nitrogens with zero attached hydrogens (tertiary/aromatic N) is 3. The molecule has 0 amide bonds. The number of hydrogen-bond donors (Lipinski definition) is 0. The highest BCUT2D eigenvalue weighted by Crippen LogP contribution is 2.25. The average Bonchev–Trinajstić information content (AvgIpc) is 2.91. The van der Waals surface area contributed by atoms with E-state index in [1.165, 1.54) is 0 Å². The number of thiazole rings is 1. The van der Waals surface area contributed by atoms with E-state index in [0.717, 1.165) is 22.0 Å². The quantitative estimate of drug-likeness (QED) is 0.680. The Balaban J connectivity index is 2.12. The molecule has 80 valence electrons. The lowest BCUT2D eigenvalue weighted by Crippen LogP contribution is -1.88. The zero-order valence-corrected chi connectivity index (χ0v) is 9.44. The Morgan fingerprint density at radius 3 is 2.81 bits per heavy atom. The SMILES string of the molecule is COc1ccc(-c2csc3ncnn23)cc1. The summed E-state index contributed by atoms with van der Waals surface area (Å²) in [5, 5.41) is 6.24. The molecule has 0 saturated heterocycles. The molecule has 0 radical (unpaired) electrons. The molecule has 4 nitrogen and oxygen atoms in total. The average molecular weight is 231 g/mol. The van der Waals surface area contributed by atoms with Gasteiger partial charge >= 0.3 is 0 Å². The van der Waals surface area contributed by atoms with Gasteiger partial charge in [0, 0.05) is 10.9 Å². The standard InChI is InChI=1S/C11H9N3OS/c1-15-9-4-2-8(3-5-9)10-6-16-11-12-7-13-14(10)11/h2-7H,1H3. The molecular weight excluding hydrogens is 222 g/mol. The lowest BCUT2D eigenvalue weighted by molar-refractivity contribution is 0.415. The molecule has 0 aliphatic carbocycles. The number of rotatable bonds is 2. The van der Waals surface area contributed by atoms with Crippen molar-refractivity contribution < 1.29 is 4.74 Å². The summed E-state index contributed by atoms with van der Waals surface area (Å²) in [7, 11) is 1.66. The van der Waals surface area contributed by atoms with E-state index in [4.69, 9.17) is 4.74 Å². The number of benzene rings is 1. The van der Waals surface area contributed by atoms with Crippen LogP contribution >= 0.6 is 11.3 Å². The Hall–Kier alpha value is -1.88. The van der Waals surface area contributed by atoms with Gasteiger partial charge in [0.1, 0.15) is 12.1 Å². The van der Waals surface area contributed by atoms with Gasteiger partial charge in [0.15, 0.2) is 0 Å². The fourth-order valence-corrected chi connectivity index (χ4v) is 2.39. The van der Waals surface area contributed by atoms with Gasteiger partial charge in [-0.25, -0.2) is 9.50 Å². The third kappa shape index (κ3) is 1.37. The Kier molecular flexibility index (Phi) is 2.11. The van der Waals surface area contributed by atoms with Gasteiger partial charge < -0.3 is 4.74 Å². The summed E-state index contributed by atoms with van der Waals surface area (Å²) in [5.74, 6) is 0.855. The Bertz CT molecular complexity index is 611. The molecule has 1 aromatic carbocycles. The first-order valence-corrected chi connectivity index (χ1v) is 5.68. The van der Waals surface area contributed by atoms with Gasteiger partial charge in [-0.2, -0.15) is 5.10 Å². The Labute approximate surface area is 96.1 Å². The zero-order valence-electron chi connectivity index (χ0n) is 8.62. The van der Waals surface area contributed by atoms with Crippen molar-refractivity contribution in [2.45, 2.75) is 0 Å². The second-order valence-electron chi connectivity index (χ2n) is 3.30. The molecule has 2 heterocycles. The van der Waals surface area contributed by atoms with E-state index in [1.807, 2.05) is 28.8 Å². The molecule has 0 fully saturated rings. The van der Waals surface area contributed by atoms with Crippen molar-refractivity contribution in [1.82, 2.24) is 14.6 Å². The minimum atomic E-state index is 0.855. The molecule has 16 heavy (non-hydrogen) atoms. The van der Waals surface area contributed by atoms with Crippen LogP contribution in [0.15, 0.2) is 36.0 Å². The maximum absolute atomic E-state index is 5.13. The van der Waals surface area contributed by atoms with Crippen molar-refractivity contribution in [3.63, 3.8) is 0 Å². The first kappa shape index (κ1) is 9.35. The van der Waals surface area contributed by atoms with Crippen LogP contribution in [0.4, 0.5) is 0 Å². The normalized spacial score (nSPS) is 10.8. The molecule has 0 aliphatic rings. The summed E-state index contributed by atoms with van der Waals surface area (Å²) in [4.78, 5) is 5.05. The third-order valence-corrected chi connectivity index (χ3v) is 3.24. The van der Waals surface area contributed by atoms with Gasteiger partial charge in [-0.15, -0.1) is 11.3 Å². The Morgan fingerprint density at radius 2 is 2.06 bits per heavy atom. The number of methoxy groups -OCH3 is 1. The smallest absolute Gasteiger partial charge is 0.212 e. The van der Waals surface area contributed by atoms with Gasteiger partial charge in [0.2, 0.25) is 4.96 Å². The minimum Gasteiger partial charge on any atom is -0.497 e. The fourth-order valence-electron chi connectivity index (χ4n) is 1.59. The first-order valence-electron chi connectivity index (χ1n) is 4.80. The summed E-state index contributed by atoms with van der Waals surface area (Å²) < 4.78 is 6.97. The maximum Gasteiger partial charge on any atom is 0.212 e. The van der Waals surface area contributed by atoms with Gasteiger partial charge in [0.25, 0.3) is 0 Å². The zero-order chi connectivity index (χ0) is 11.0. The van der Waals surface area contributed by atoms with E-state index in [9.17, 15) is 0 Å². The van der Waals surface area contributed by atoms with Crippen LogP contribution < -0.4 is 4.74 Å². The van der Waals surface area contributed by atoms with Crippen LogP contribution in [0.1, 0.15) is 0 Å². The van der Waals surface area contributed by atoms with Crippen LogP contribution in [-0.2, 0) is 0 Å². The molecule has 0 atom stereocenters. The molecule has 3 rings (SSSR count). The molecule has 3 aromatic rings.